The second kappa shape index (κ2) is 6.58. The molecule has 0 bridgehead atoms. The second-order valence-electron chi connectivity index (χ2n) is 5.18. The lowest BCUT2D eigenvalue weighted by Gasteiger charge is -2.07. The van der Waals surface area contributed by atoms with E-state index in [4.69, 9.17) is 10.5 Å². The normalized spacial score (nSPS) is 10.8. The van der Waals surface area contributed by atoms with Crippen molar-refractivity contribution in [3.8, 4) is 0 Å². The van der Waals surface area contributed by atoms with Crippen molar-refractivity contribution >= 4 is 39.0 Å². The molecule has 0 saturated heterocycles. The van der Waals surface area contributed by atoms with Gasteiger partial charge in [0.1, 0.15) is 4.88 Å². The van der Waals surface area contributed by atoms with E-state index in [0.717, 1.165) is 10.1 Å². The molecule has 0 aliphatic heterocycles. The number of hydrogen-bond acceptors (Lipinski definition) is 5. The van der Waals surface area contributed by atoms with E-state index in [2.05, 4.69) is 5.32 Å². The van der Waals surface area contributed by atoms with Crippen molar-refractivity contribution in [2.24, 2.45) is 5.92 Å². The molecule has 0 aliphatic carbocycles. The summed E-state index contributed by atoms with van der Waals surface area (Å²) in [6.07, 6.45) is 0. The average molecular weight is 306 g/mol. The molecule has 1 aromatic carbocycles. The monoisotopic (exact) mass is 306 g/mol. The molecule has 1 amide bonds. The van der Waals surface area contributed by atoms with Crippen LogP contribution >= 0.6 is 11.3 Å². The summed E-state index contributed by atoms with van der Waals surface area (Å²) in [5.41, 5.74) is 6.35. The third kappa shape index (κ3) is 4.19. The molecule has 2 aromatic rings. The molecule has 21 heavy (non-hydrogen) atoms. The van der Waals surface area contributed by atoms with Gasteiger partial charge in [0.25, 0.3) is 5.91 Å². The summed E-state index contributed by atoms with van der Waals surface area (Å²) in [6.45, 7) is 4.30. The van der Waals surface area contributed by atoms with Gasteiger partial charge in [-0.05, 0) is 35.6 Å². The van der Waals surface area contributed by atoms with Gasteiger partial charge in [-0.3, -0.25) is 4.79 Å². The third-order valence-electron chi connectivity index (χ3n) is 2.78. The minimum absolute atomic E-state index is 0.262. The topological polar surface area (TPSA) is 81.4 Å². The molecule has 1 aromatic heterocycles. The summed E-state index contributed by atoms with van der Waals surface area (Å²) >= 11 is 1.32. The number of rotatable bonds is 5. The van der Waals surface area contributed by atoms with E-state index in [9.17, 15) is 9.59 Å². The Morgan fingerprint density at radius 2 is 2.10 bits per heavy atom. The summed E-state index contributed by atoms with van der Waals surface area (Å²) in [6, 6.07) is 7.18. The molecule has 5 nitrogen and oxygen atoms in total. The number of ether oxygens (including phenoxy) is 1. The first-order valence-corrected chi connectivity index (χ1v) is 7.50. The lowest BCUT2D eigenvalue weighted by Crippen LogP contribution is -2.31. The minimum atomic E-state index is -0.491. The van der Waals surface area contributed by atoms with E-state index < -0.39 is 5.97 Å². The Bertz CT molecular complexity index is 664. The zero-order valence-electron chi connectivity index (χ0n) is 12.0. The fourth-order valence-electron chi connectivity index (χ4n) is 1.73. The molecule has 0 fully saturated rings. The summed E-state index contributed by atoms with van der Waals surface area (Å²) in [7, 11) is 0. The Morgan fingerprint density at radius 3 is 2.81 bits per heavy atom. The van der Waals surface area contributed by atoms with Gasteiger partial charge in [-0.2, -0.15) is 0 Å². The number of carbonyl (C=O) groups excluding carboxylic acids is 2. The molecule has 0 unspecified atom stereocenters. The van der Waals surface area contributed by atoms with Gasteiger partial charge in [0.2, 0.25) is 0 Å². The molecule has 0 spiro atoms. The van der Waals surface area contributed by atoms with E-state index >= 15 is 0 Å². The van der Waals surface area contributed by atoms with Crippen molar-refractivity contribution in [1.29, 1.82) is 0 Å². The summed E-state index contributed by atoms with van der Waals surface area (Å²) < 4.78 is 5.97. The van der Waals surface area contributed by atoms with Gasteiger partial charge >= 0.3 is 5.97 Å². The van der Waals surface area contributed by atoms with Crippen LogP contribution in [-0.4, -0.2) is 25.0 Å². The number of carbonyl (C=O) groups is 2. The maximum absolute atomic E-state index is 11.9. The molecule has 2 rings (SSSR count). The van der Waals surface area contributed by atoms with Crippen molar-refractivity contribution in [3.05, 3.63) is 29.1 Å². The lowest BCUT2D eigenvalue weighted by molar-refractivity contribution is -0.124. The van der Waals surface area contributed by atoms with Gasteiger partial charge in [-0.1, -0.05) is 13.8 Å². The van der Waals surface area contributed by atoms with Crippen molar-refractivity contribution in [1.82, 2.24) is 5.32 Å². The smallest absolute Gasteiger partial charge is 0.348 e. The maximum atomic E-state index is 11.9. The number of nitrogen functional groups attached to an aromatic ring is 1. The summed E-state index contributed by atoms with van der Waals surface area (Å²) in [5, 5.41) is 3.59. The Kier molecular flexibility index (Phi) is 4.80. The van der Waals surface area contributed by atoms with Gasteiger partial charge in [0, 0.05) is 16.9 Å². The van der Waals surface area contributed by atoms with Crippen LogP contribution in [0.5, 0.6) is 0 Å². The van der Waals surface area contributed by atoms with Gasteiger partial charge in [-0.15, -0.1) is 11.3 Å². The second-order valence-corrected chi connectivity index (χ2v) is 6.27. The number of nitrogens with one attached hydrogen (secondary N) is 1. The van der Waals surface area contributed by atoms with Crippen LogP contribution in [0.2, 0.25) is 0 Å². The molecule has 112 valence electrons. The first kappa shape index (κ1) is 15.3. The average Bonchev–Trinajstić information content (AvgIpc) is 2.85. The van der Waals surface area contributed by atoms with Crippen LogP contribution < -0.4 is 11.1 Å². The minimum Gasteiger partial charge on any atom is -0.451 e. The van der Waals surface area contributed by atoms with Crippen molar-refractivity contribution in [3.63, 3.8) is 0 Å². The summed E-state index contributed by atoms with van der Waals surface area (Å²) in [4.78, 5) is 23.9. The molecule has 0 radical (unpaired) electrons. The molecular weight excluding hydrogens is 288 g/mol. The van der Waals surface area contributed by atoms with Crippen LogP contribution in [0.3, 0.4) is 0 Å². The number of hydrogen-bond donors (Lipinski definition) is 2. The number of amides is 1. The van der Waals surface area contributed by atoms with Crippen molar-refractivity contribution in [2.75, 3.05) is 18.9 Å². The van der Waals surface area contributed by atoms with Crippen LogP contribution in [0.15, 0.2) is 24.3 Å². The molecule has 6 heteroatoms. The highest BCUT2D eigenvalue weighted by molar-refractivity contribution is 7.20. The number of nitrogens with two attached hydrogens (primary N) is 1. The molecule has 0 aliphatic rings. The largest absolute Gasteiger partial charge is 0.451 e. The molecule has 0 saturated carbocycles. The quantitative estimate of drug-likeness (QED) is 0.656. The van der Waals surface area contributed by atoms with Gasteiger partial charge < -0.3 is 15.8 Å². The first-order chi connectivity index (χ1) is 9.95. The van der Waals surface area contributed by atoms with E-state index in [-0.39, 0.29) is 12.5 Å². The Morgan fingerprint density at radius 1 is 1.33 bits per heavy atom. The standard InChI is InChI=1S/C15H18N2O3S/c1-9(2)7-17-14(18)8-20-15(19)13-6-10-5-11(16)3-4-12(10)21-13/h3-6,9H,7-8,16H2,1-2H3,(H,17,18). The van der Waals surface area contributed by atoms with E-state index in [0.29, 0.717) is 23.0 Å². The zero-order chi connectivity index (χ0) is 15.4. The number of benzene rings is 1. The predicted octanol–water partition coefficient (Wildman–Crippen LogP) is 2.41. The fourth-order valence-corrected chi connectivity index (χ4v) is 2.67. The first-order valence-electron chi connectivity index (χ1n) is 6.68. The molecule has 0 atom stereocenters. The predicted molar refractivity (Wildman–Crippen MR) is 84.4 cm³/mol. The zero-order valence-corrected chi connectivity index (χ0v) is 12.8. The van der Waals surface area contributed by atoms with Crippen LogP contribution in [0.4, 0.5) is 5.69 Å². The van der Waals surface area contributed by atoms with Crippen LogP contribution in [0.1, 0.15) is 23.5 Å². The Labute approximate surface area is 127 Å². The highest BCUT2D eigenvalue weighted by Crippen LogP contribution is 2.27. The van der Waals surface area contributed by atoms with Gasteiger partial charge in [-0.25, -0.2) is 4.79 Å². The van der Waals surface area contributed by atoms with Gasteiger partial charge in [0.15, 0.2) is 6.61 Å². The van der Waals surface area contributed by atoms with Crippen molar-refractivity contribution in [2.45, 2.75) is 13.8 Å². The molecular formula is C15H18N2O3S. The Hall–Kier alpha value is -2.08. The van der Waals surface area contributed by atoms with E-state index in [1.165, 1.54) is 11.3 Å². The number of esters is 1. The highest BCUT2D eigenvalue weighted by Gasteiger charge is 2.13. The fraction of sp³-hybridized carbons (Fsp3) is 0.333. The van der Waals surface area contributed by atoms with E-state index in [1.54, 1.807) is 18.2 Å². The van der Waals surface area contributed by atoms with E-state index in [1.807, 2.05) is 19.9 Å². The van der Waals surface area contributed by atoms with Crippen LogP contribution in [0, 0.1) is 5.92 Å². The highest BCUT2D eigenvalue weighted by atomic mass is 32.1. The van der Waals surface area contributed by atoms with Crippen LogP contribution in [-0.2, 0) is 9.53 Å². The third-order valence-corrected chi connectivity index (χ3v) is 3.88. The summed E-state index contributed by atoms with van der Waals surface area (Å²) in [5.74, 6) is -0.422. The van der Waals surface area contributed by atoms with Crippen LogP contribution in [0.25, 0.3) is 10.1 Å². The maximum Gasteiger partial charge on any atom is 0.348 e. The number of anilines is 1. The lowest BCUT2D eigenvalue weighted by atomic mass is 10.2. The van der Waals surface area contributed by atoms with Gasteiger partial charge in [0.05, 0.1) is 0 Å². The Balaban J connectivity index is 1.94. The SMILES string of the molecule is CC(C)CNC(=O)COC(=O)c1cc2cc(N)ccc2s1. The molecule has 1 heterocycles. The molecule has 3 N–H and O–H groups in total. The number of fused-ring (bicyclic) bond motifs is 1. The number of thiophene rings is 1. The van der Waals surface area contributed by atoms with Crippen molar-refractivity contribution < 1.29 is 14.3 Å².